The van der Waals surface area contributed by atoms with Crippen LogP contribution in [0.5, 0.6) is 5.75 Å². The minimum absolute atomic E-state index is 0.0590. The van der Waals surface area contributed by atoms with E-state index in [1.807, 2.05) is 42.5 Å². The van der Waals surface area contributed by atoms with Gasteiger partial charge >= 0.3 is 5.97 Å². The van der Waals surface area contributed by atoms with E-state index in [1.54, 1.807) is 42.7 Å². The molecule has 1 aromatic heterocycles. The van der Waals surface area contributed by atoms with Crippen LogP contribution in [0.2, 0.25) is 0 Å². The third-order valence-electron chi connectivity index (χ3n) is 6.28. The van der Waals surface area contributed by atoms with Crippen molar-refractivity contribution < 1.29 is 18.7 Å². The summed E-state index contributed by atoms with van der Waals surface area (Å²) in [6.45, 7) is 3.77. The number of hydrogen-bond acceptors (Lipinski definition) is 6. The fraction of sp³-hybridized carbons (Fsp3) is 0.167. The Morgan fingerprint density at radius 3 is 2.45 bits per heavy atom. The largest absolute Gasteiger partial charge is 0.486 e. The molecule has 5 rings (SSSR count). The van der Waals surface area contributed by atoms with E-state index in [9.17, 15) is 14.0 Å². The lowest BCUT2D eigenvalue weighted by Gasteiger charge is -2.24. The quantitative estimate of drug-likeness (QED) is 0.223. The highest BCUT2D eigenvalue weighted by Crippen LogP contribution is 2.36. The maximum atomic E-state index is 14.0. The smallest absolute Gasteiger partial charge is 0.338 e. The number of thiazole rings is 1. The number of rotatable bonds is 7. The normalized spacial score (nSPS) is 15.0. The van der Waals surface area contributed by atoms with Crippen LogP contribution in [-0.4, -0.2) is 17.1 Å². The molecule has 0 aliphatic carbocycles. The Kier molecular flexibility index (Phi) is 8.48. The second kappa shape index (κ2) is 12.0. The first-order valence-electron chi connectivity index (χ1n) is 12.4. The van der Waals surface area contributed by atoms with E-state index >= 15 is 0 Å². The topological polar surface area (TPSA) is 69.9 Å². The molecule has 0 spiro atoms. The molecular formula is C30H23Br2FN2O4S. The first kappa shape index (κ1) is 28.2. The minimum atomic E-state index is -0.661. The van der Waals surface area contributed by atoms with Gasteiger partial charge < -0.3 is 9.47 Å². The molecule has 1 aliphatic rings. The fourth-order valence-corrected chi connectivity index (χ4v) is 6.96. The van der Waals surface area contributed by atoms with Gasteiger partial charge in [0.2, 0.25) is 0 Å². The van der Waals surface area contributed by atoms with Crippen molar-refractivity contribution in [2.75, 3.05) is 6.61 Å². The molecule has 0 fully saturated rings. The first-order chi connectivity index (χ1) is 19.3. The maximum absolute atomic E-state index is 14.0. The lowest BCUT2D eigenvalue weighted by Crippen LogP contribution is -2.39. The van der Waals surface area contributed by atoms with Gasteiger partial charge in [-0.25, -0.2) is 14.2 Å². The summed E-state index contributed by atoms with van der Waals surface area (Å²) in [5.74, 6) is -0.316. The molecule has 2 heterocycles. The summed E-state index contributed by atoms with van der Waals surface area (Å²) >= 11 is 8.33. The Bertz CT molecular complexity index is 1790. The highest BCUT2D eigenvalue weighted by atomic mass is 79.9. The second-order valence-corrected chi connectivity index (χ2v) is 11.6. The van der Waals surface area contributed by atoms with E-state index < -0.39 is 12.0 Å². The summed E-state index contributed by atoms with van der Waals surface area (Å²) in [6, 6.07) is 18.8. The van der Waals surface area contributed by atoms with Crippen molar-refractivity contribution in [3.8, 4) is 5.75 Å². The number of carbonyl (C=O) groups is 1. The molecule has 204 valence electrons. The molecule has 40 heavy (non-hydrogen) atoms. The van der Waals surface area contributed by atoms with Crippen LogP contribution in [0.3, 0.4) is 0 Å². The van der Waals surface area contributed by atoms with Gasteiger partial charge in [-0.05, 0) is 81.1 Å². The van der Waals surface area contributed by atoms with E-state index in [-0.39, 0.29) is 24.6 Å². The third kappa shape index (κ3) is 5.61. The van der Waals surface area contributed by atoms with Crippen LogP contribution in [0.1, 0.15) is 36.6 Å². The van der Waals surface area contributed by atoms with Gasteiger partial charge in [-0.2, -0.15) is 0 Å². The number of halogens is 3. The van der Waals surface area contributed by atoms with E-state index in [0.29, 0.717) is 40.9 Å². The minimum Gasteiger partial charge on any atom is -0.486 e. The van der Waals surface area contributed by atoms with Crippen LogP contribution in [0.15, 0.2) is 96.7 Å². The Morgan fingerprint density at radius 2 is 1.77 bits per heavy atom. The Labute approximate surface area is 250 Å². The van der Waals surface area contributed by atoms with Crippen molar-refractivity contribution in [1.82, 2.24) is 4.57 Å². The molecule has 0 radical (unpaired) electrons. The van der Waals surface area contributed by atoms with Gasteiger partial charge in [-0.15, -0.1) is 0 Å². The highest BCUT2D eigenvalue weighted by Gasteiger charge is 2.33. The molecular weight excluding hydrogens is 663 g/mol. The van der Waals surface area contributed by atoms with Crippen LogP contribution in [0, 0.1) is 5.82 Å². The number of ether oxygens (including phenoxy) is 2. The molecule has 0 saturated heterocycles. The van der Waals surface area contributed by atoms with Gasteiger partial charge in [-0.1, -0.05) is 59.9 Å². The Balaban J connectivity index is 1.55. The van der Waals surface area contributed by atoms with E-state index in [1.165, 1.54) is 17.4 Å². The van der Waals surface area contributed by atoms with Gasteiger partial charge in [0.1, 0.15) is 18.2 Å². The molecule has 1 aliphatic heterocycles. The van der Waals surface area contributed by atoms with Crippen molar-refractivity contribution in [1.29, 1.82) is 0 Å². The number of benzene rings is 3. The molecule has 10 heteroatoms. The lowest BCUT2D eigenvalue weighted by atomic mass is 9.96. The zero-order valence-corrected chi connectivity index (χ0v) is 25.5. The zero-order valence-electron chi connectivity index (χ0n) is 21.5. The van der Waals surface area contributed by atoms with Crippen LogP contribution in [0.25, 0.3) is 6.08 Å². The molecule has 0 saturated carbocycles. The standard InChI is InChI=1S/C30H23Br2FN2O4S/c1-3-38-29(37)25-17(2)34-30-35(26(25)19-9-5-4-6-10-19)28(36)24(40-30)15-18-13-21(31)27(22(32)14-18)39-16-20-11-7-8-12-23(20)33/h4-15,26H,3,16H2,1-2H3/t26-/m0/s1. The average molecular weight is 686 g/mol. The molecule has 0 amide bonds. The lowest BCUT2D eigenvalue weighted by molar-refractivity contribution is -0.139. The second-order valence-electron chi connectivity index (χ2n) is 8.91. The van der Waals surface area contributed by atoms with Crippen molar-refractivity contribution >= 4 is 55.2 Å². The zero-order chi connectivity index (χ0) is 28.4. The number of hydrogen-bond donors (Lipinski definition) is 0. The Hall–Kier alpha value is -3.34. The summed E-state index contributed by atoms with van der Waals surface area (Å²) in [6.07, 6.45) is 1.77. The van der Waals surface area contributed by atoms with Crippen molar-refractivity contribution in [3.05, 3.63) is 129 Å². The van der Waals surface area contributed by atoms with Gasteiger partial charge in [0.25, 0.3) is 5.56 Å². The van der Waals surface area contributed by atoms with Crippen LogP contribution in [-0.2, 0) is 16.1 Å². The van der Waals surface area contributed by atoms with Crippen molar-refractivity contribution in [3.63, 3.8) is 0 Å². The summed E-state index contributed by atoms with van der Waals surface area (Å²) in [5, 5.41) is 0. The SMILES string of the molecule is CCOC(=O)C1=C(C)N=c2sc(=Cc3cc(Br)c(OCc4ccccc4F)c(Br)c3)c(=O)n2[C@H]1c1ccccc1. The average Bonchev–Trinajstić information content (AvgIpc) is 3.23. The maximum Gasteiger partial charge on any atom is 0.338 e. The number of carbonyl (C=O) groups excluding carboxylic acids is 1. The van der Waals surface area contributed by atoms with Gasteiger partial charge in [0.05, 0.1) is 37.4 Å². The van der Waals surface area contributed by atoms with Gasteiger partial charge in [-0.3, -0.25) is 9.36 Å². The monoisotopic (exact) mass is 684 g/mol. The third-order valence-corrected chi connectivity index (χ3v) is 8.44. The molecule has 3 aromatic carbocycles. The van der Waals surface area contributed by atoms with E-state index in [2.05, 4.69) is 36.9 Å². The number of aromatic nitrogens is 1. The van der Waals surface area contributed by atoms with Crippen molar-refractivity contribution in [2.24, 2.45) is 4.99 Å². The molecule has 0 unspecified atom stereocenters. The summed E-state index contributed by atoms with van der Waals surface area (Å²) in [7, 11) is 0. The fourth-order valence-electron chi connectivity index (χ4n) is 4.46. The molecule has 0 N–H and O–H groups in total. The van der Waals surface area contributed by atoms with E-state index in [4.69, 9.17) is 9.47 Å². The van der Waals surface area contributed by atoms with Crippen molar-refractivity contribution in [2.45, 2.75) is 26.5 Å². The van der Waals surface area contributed by atoms with Crippen LogP contribution < -0.4 is 19.6 Å². The van der Waals surface area contributed by atoms with Gasteiger partial charge in [0, 0.05) is 5.56 Å². The number of nitrogens with zero attached hydrogens (tertiary/aromatic N) is 2. The summed E-state index contributed by atoms with van der Waals surface area (Å²) < 4.78 is 28.5. The molecule has 4 aromatic rings. The molecule has 6 nitrogen and oxygen atoms in total. The van der Waals surface area contributed by atoms with Gasteiger partial charge in [0.15, 0.2) is 4.80 Å². The van der Waals surface area contributed by atoms with Crippen LogP contribution >= 0.6 is 43.2 Å². The Morgan fingerprint density at radius 1 is 1.10 bits per heavy atom. The molecule has 1 atom stereocenters. The van der Waals surface area contributed by atoms with E-state index in [0.717, 1.165) is 11.1 Å². The number of allylic oxidation sites excluding steroid dienone is 1. The van der Waals surface area contributed by atoms with Crippen LogP contribution in [0.4, 0.5) is 4.39 Å². The molecule has 0 bridgehead atoms. The predicted octanol–water partition coefficient (Wildman–Crippen LogP) is 6.04. The highest BCUT2D eigenvalue weighted by molar-refractivity contribution is 9.11. The first-order valence-corrected chi connectivity index (χ1v) is 14.8. The number of esters is 1. The summed E-state index contributed by atoms with van der Waals surface area (Å²) in [4.78, 5) is 31.9. The summed E-state index contributed by atoms with van der Waals surface area (Å²) in [5.41, 5.74) is 2.56. The predicted molar refractivity (Wildman–Crippen MR) is 159 cm³/mol. The number of fused-ring (bicyclic) bond motifs is 1.